The molecule has 0 bridgehead atoms. The summed E-state index contributed by atoms with van der Waals surface area (Å²) in [4.78, 5) is 0. The summed E-state index contributed by atoms with van der Waals surface area (Å²) in [6, 6.07) is 10.1. The molecule has 0 amide bonds. The molecule has 0 spiro atoms. The predicted octanol–water partition coefficient (Wildman–Crippen LogP) is 4.40. The third-order valence-electron chi connectivity index (χ3n) is 4.68. The van der Waals surface area contributed by atoms with Crippen LogP contribution in [-0.2, 0) is 10.8 Å². The van der Waals surface area contributed by atoms with Crippen molar-refractivity contribution >= 4 is 0 Å². The van der Waals surface area contributed by atoms with Gasteiger partial charge in [0, 0.05) is 6.04 Å². The summed E-state index contributed by atoms with van der Waals surface area (Å²) < 4.78 is 0. The van der Waals surface area contributed by atoms with Crippen molar-refractivity contribution in [2.24, 2.45) is 0 Å². The topological polar surface area (TPSA) is 12.0 Å². The molecule has 2 atom stereocenters. The average Bonchev–Trinajstić information content (AvgIpc) is 2.72. The molecule has 1 aromatic rings. The fourth-order valence-electron chi connectivity index (χ4n) is 3.34. The molecule has 1 nitrogen and oxygen atoms in total. The quantitative estimate of drug-likeness (QED) is 0.848. The molecular weight excluding hydrogens is 230 g/mol. The van der Waals surface area contributed by atoms with E-state index in [0.29, 0.717) is 11.5 Å². The van der Waals surface area contributed by atoms with Crippen LogP contribution in [-0.4, -0.2) is 12.6 Å². The van der Waals surface area contributed by atoms with Crippen LogP contribution in [0.4, 0.5) is 0 Å². The summed E-state index contributed by atoms with van der Waals surface area (Å²) in [6.07, 6.45) is 3.89. The van der Waals surface area contributed by atoms with Crippen molar-refractivity contribution in [1.82, 2.24) is 5.32 Å². The highest BCUT2D eigenvalue weighted by Crippen LogP contribution is 2.41. The lowest BCUT2D eigenvalue weighted by Crippen LogP contribution is -2.28. The third-order valence-corrected chi connectivity index (χ3v) is 4.68. The van der Waals surface area contributed by atoms with Crippen LogP contribution in [0.1, 0.15) is 65.0 Å². The predicted molar refractivity (Wildman–Crippen MR) is 83.8 cm³/mol. The number of rotatable bonds is 3. The van der Waals surface area contributed by atoms with Gasteiger partial charge in [-0.25, -0.2) is 0 Å². The van der Waals surface area contributed by atoms with E-state index in [0.717, 1.165) is 6.54 Å². The van der Waals surface area contributed by atoms with E-state index < -0.39 is 0 Å². The molecule has 0 saturated heterocycles. The van der Waals surface area contributed by atoms with Crippen molar-refractivity contribution in [2.75, 3.05) is 6.54 Å². The second-order valence-electron chi connectivity index (χ2n) is 7.39. The van der Waals surface area contributed by atoms with E-state index in [1.165, 1.54) is 30.4 Å². The molecule has 0 heterocycles. The van der Waals surface area contributed by atoms with E-state index >= 15 is 0 Å². The summed E-state index contributed by atoms with van der Waals surface area (Å²) in [5.74, 6) is 0. The molecular formula is C18H29N. The maximum absolute atomic E-state index is 3.61. The molecule has 0 aromatic heterocycles. The van der Waals surface area contributed by atoms with Crippen LogP contribution in [0.15, 0.2) is 24.3 Å². The van der Waals surface area contributed by atoms with Crippen molar-refractivity contribution < 1.29 is 0 Å². The Labute approximate surface area is 118 Å². The number of hydrogen-bond acceptors (Lipinski definition) is 1. The minimum Gasteiger partial charge on any atom is -0.314 e. The summed E-state index contributed by atoms with van der Waals surface area (Å²) >= 11 is 0. The summed E-state index contributed by atoms with van der Waals surface area (Å²) in [7, 11) is 0. The van der Waals surface area contributed by atoms with E-state index in [1.807, 2.05) is 0 Å². The van der Waals surface area contributed by atoms with Gasteiger partial charge in [0.25, 0.3) is 0 Å². The van der Waals surface area contributed by atoms with Gasteiger partial charge in [0.2, 0.25) is 0 Å². The number of nitrogens with one attached hydrogen (secondary N) is 1. The highest BCUT2D eigenvalue weighted by Gasteiger charge is 2.36. The molecule has 1 fully saturated rings. The third kappa shape index (κ3) is 3.20. The first-order valence-electron chi connectivity index (χ1n) is 7.69. The average molecular weight is 259 g/mol. The van der Waals surface area contributed by atoms with Crippen LogP contribution in [0.25, 0.3) is 0 Å². The van der Waals surface area contributed by atoms with Crippen LogP contribution < -0.4 is 5.32 Å². The molecule has 0 radical (unpaired) electrons. The molecule has 106 valence electrons. The van der Waals surface area contributed by atoms with Gasteiger partial charge in [0.15, 0.2) is 0 Å². The lowest BCUT2D eigenvalue weighted by molar-refractivity contribution is 0.457. The Hall–Kier alpha value is -0.820. The van der Waals surface area contributed by atoms with Crippen molar-refractivity contribution in [3.05, 3.63) is 35.4 Å². The van der Waals surface area contributed by atoms with Crippen LogP contribution in [0.5, 0.6) is 0 Å². The SMILES string of the molecule is CCNC1CCC(C)(c2ccc(C(C)(C)C)cc2)C1. The second kappa shape index (κ2) is 5.28. The molecule has 2 rings (SSSR count). The molecule has 19 heavy (non-hydrogen) atoms. The minimum atomic E-state index is 0.251. The minimum absolute atomic E-state index is 0.251. The van der Waals surface area contributed by atoms with Gasteiger partial charge >= 0.3 is 0 Å². The Bertz CT molecular complexity index is 412. The van der Waals surface area contributed by atoms with Crippen LogP contribution in [0, 0.1) is 0 Å². The molecule has 1 aliphatic rings. The first kappa shape index (κ1) is 14.6. The highest BCUT2D eigenvalue weighted by molar-refractivity contribution is 5.33. The first-order valence-corrected chi connectivity index (χ1v) is 7.69. The Balaban J connectivity index is 2.14. The first-order chi connectivity index (χ1) is 8.85. The van der Waals surface area contributed by atoms with E-state index in [1.54, 1.807) is 0 Å². The Morgan fingerprint density at radius 3 is 2.37 bits per heavy atom. The summed E-state index contributed by atoms with van der Waals surface area (Å²) in [5.41, 5.74) is 3.56. The van der Waals surface area contributed by atoms with Gasteiger partial charge in [-0.15, -0.1) is 0 Å². The van der Waals surface area contributed by atoms with Gasteiger partial charge in [-0.2, -0.15) is 0 Å². The Kier molecular flexibility index (Phi) is 4.06. The zero-order valence-electron chi connectivity index (χ0n) is 13.2. The zero-order chi connectivity index (χ0) is 14.1. The Morgan fingerprint density at radius 1 is 1.21 bits per heavy atom. The lowest BCUT2D eigenvalue weighted by atomic mass is 9.78. The van der Waals surface area contributed by atoms with Crippen LogP contribution >= 0.6 is 0 Å². The van der Waals surface area contributed by atoms with E-state index in [2.05, 4.69) is 64.2 Å². The molecule has 1 aromatic carbocycles. The van der Waals surface area contributed by atoms with E-state index in [-0.39, 0.29) is 5.41 Å². The van der Waals surface area contributed by atoms with Crippen LogP contribution in [0.3, 0.4) is 0 Å². The van der Waals surface area contributed by atoms with Crippen LogP contribution in [0.2, 0.25) is 0 Å². The van der Waals surface area contributed by atoms with Gasteiger partial charge in [0.05, 0.1) is 0 Å². The smallest absolute Gasteiger partial charge is 0.00756 e. The molecule has 2 unspecified atom stereocenters. The fraction of sp³-hybridized carbons (Fsp3) is 0.667. The lowest BCUT2D eigenvalue weighted by Gasteiger charge is -2.27. The fourth-order valence-corrected chi connectivity index (χ4v) is 3.34. The van der Waals surface area contributed by atoms with Gasteiger partial charge in [0.1, 0.15) is 0 Å². The molecule has 1 saturated carbocycles. The molecule has 1 heteroatoms. The molecule has 1 N–H and O–H groups in total. The zero-order valence-corrected chi connectivity index (χ0v) is 13.2. The van der Waals surface area contributed by atoms with Crippen molar-refractivity contribution in [3.8, 4) is 0 Å². The monoisotopic (exact) mass is 259 g/mol. The van der Waals surface area contributed by atoms with Crippen molar-refractivity contribution in [2.45, 2.75) is 70.8 Å². The van der Waals surface area contributed by atoms with Gasteiger partial charge < -0.3 is 5.32 Å². The molecule has 0 aliphatic heterocycles. The normalized spacial score (nSPS) is 27.7. The van der Waals surface area contributed by atoms with Gasteiger partial charge in [-0.1, -0.05) is 58.9 Å². The second-order valence-corrected chi connectivity index (χ2v) is 7.39. The molecule has 1 aliphatic carbocycles. The van der Waals surface area contributed by atoms with E-state index in [9.17, 15) is 0 Å². The maximum Gasteiger partial charge on any atom is 0.00756 e. The van der Waals surface area contributed by atoms with E-state index in [4.69, 9.17) is 0 Å². The largest absolute Gasteiger partial charge is 0.314 e. The Morgan fingerprint density at radius 2 is 1.84 bits per heavy atom. The number of benzene rings is 1. The van der Waals surface area contributed by atoms with Crippen molar-refractivity contribution in [1.29, 1.82) is 0 Å². The maximum atomic E-state index is 3.61. The summed E-state index contributed by atoms with van der Waals surface area (Å²) in [5, 5.41) is 3.61. The standard InChI is InChI=1S/C18H29N/c1-6-19-16-11-12-18(5,13-16)15-9-7-14(8-10-15)17(2,3)4/h7-10,16,19H,6,11-13H2,1-5H3. The van der Waals surface area contributed by atoms with Gasteiger partial charge in [-0.05, 0) is 47.8 Å². The number of hydrogen-bond donors (Lipinski definition) is 1. The summed E-state index contributed by atoms with van der Waals surface area (Å²) in [6.45, 7) is 12.6. The highest BCUT2D eigenvalue weighted by atomic mass is 14.9. The van der Waals surface area contributed by atoms with Gasteiger partial charge in [-0.3, -0.25) is 0 Å². The van der Waals surface area contributed by atoms with Crippen molar-refractivity contribution in [3.63, 3.8) is 0 Å².